The van der Waals surface area contributed by atoms with Crippen molar-refractivity contribution in [3.8, 4) is 0 Å². The molecule has 0 fully saturated rings. The Hall–Kier alpha value is 0.100. The molecule has 0 aliphatic rings. The molecule has 0 aliphatic heterocycles. The summed E-state index contributed by atoms with van der Waals surface area (Å²) in [5.41, 5.74) is 5.34. The van der Waals surface area contributed by atoms with Crippen LogP contribution in [0.25, 0.3) is 0 Å². The van der Waals surface area contributed by atoms with Gasteiger partial charge in [-0.15, -0.1) is 0 Å². The molecule has 0 saturated carbocycles. The molecule has 0 rings (SSSR count). The Labute approximate surface area is 68.5 Å². The molecular weight excluding hydrogens is 175 g/mol. The smallest absolute Gasteiger partial charge is 0.327 e. The average Bonchev–Trinajstić information content (AvgIpc) is 1.78. The Bertz CT molecular complexity index is 102. The number of hydrogen-bond donors (Lipinski definition) is 1. The minimum atomic E-state index is -4.02. The molecule has 0 saturated heterocycles. The lowest BCUT2D eigenvalue weighted by Crippen LogP contribution is -2.18. The Morgan fingerprint density at radius 3 is 2.36 bits per heavy atom. The summed E-state index contributed by atoms with van der Waals surface area (Å²) in [6.07, 6.45) is -4.74. The highest BCUT2D eigenvalue weighted by Gasteiger charge is 2.25. The number of alkyl halides is 3. The van der Waals surface area contributed by atoms with Gasteiger partial charge in [-0.3, -0.25) is 0 Å². The third-order valence-electron chi connectivity index (χ3n) is 0.911. The van der Waals surface area contributed by atoms with Gasteiger partial charge in [-0.1, -0.05) is 0 Å². The first-order valence-corrected chi connectivity index (χ1v) is 4.47. The van der Waals surface area contributed by atoms with Crippen molar-refractivity contribution in [2.45, 2.75) is 25.6 Å². The van der Waals surface area contributed by atoms with Gasteiger partial charge >= 0.3 is 6.18 Å². The Kier molecular flexibility index (Phi) is 4.92. The van der Waals surface area contributed by atoms with E-state index in [1.807, 2.05) is 0 Å². The average molecular weight is 187 g/mol. The van der Waals surface area contributed by atoms with Crippen molar-refractivity contribution >= 4 is 11.8 Å². The van der Waals surface area contributed by atoms with Crippen LogP contribution in [0.5, 0.6) is 0 Å². The predicted octanol–water partition coefficient (Wildman–Crippen LogP) is 2.02. The van der Waals surface area contributed by atoms with Crippen LogP contribution in [-0.4, -0.2) is 23.7 Å². The lowest BCUT2D eigenvalue weighted by atomic mass is 10.4. The van der Waals surface area contributed by atoms with Crippen LogP contribution in [-0.2, 0) is 0 Å². The van der Waals surface area contributed by atoms with E-state index < -0.39 is 12.6 Å². The van der Waals surface area contributed by atoms with Gasteiger partial charge in [0.25, 0.3) is 0 Å². The van der Waals surface area contributed by atoms with Crippen LogP contribution in [0.15, 0.2) is 0 Å². The molecule has 0 amide bonds. The summed E-state index contributed by atoms with van der Waals surface area (Å²) >= 11 is 1.24. The second kappa shape index (κ2) is 4.87. The minimum absolute atomic E-state index is 0.0202. The van der Waals surface area contributed by atoms with Crippen molar-refractivity contribution in [3.63, 3.8) is 0 Å². The number of halogens is 3. The lowest BCUT2D eigenvalue weighted by molar-refractivity contribution is -0.129. The van der Waals surface area contributed by atoms with E-state index >= 15 is 0 Å². The molecule has 1 unspecified atom stereocenters. The van der Waals surface area contributed by atoms with Crippen LogP contribution in [0.1, 0.15) is 13.3 Å². The van der Waals surface area contributed by atoms with Gasteiger partial charge in [0.2, 0.25) is 0 Å². The van der Waals surface area contributed by atoms with Gasteiger partial charge in [0, 0.05) is 17.5 Å². The number of hydrogen-bond acceptors (Lipinski definition) is 2. The largest absolute Gasteiger partial charge is 0.389 e. The van der Waals surface area contributed by atoms with Gasteiger partial charge < -0.3 is 5.73 Å². The molecule has 0 aliphatic carbocycles. The van der Waals surface area contributed by atoms with E-state index in [1.54, 1.807) is 6.92 Å². The third-order valence-corrected chi connectivity index (χ3v) is 2.16. The summed E-state index contributed by atoms with van der Waals surface area (Å²) in [5, 5.41) is 0. The summed E-state index contributed by atoms with van der Waals surface area (Å²) in [6, 6.07) is -0.0202. The summed E-state index contributed by atoms with van der Waals surface area (Å²) in [4.78, 5) is 0. The first-order valence-electron chi connectivity index (χ1n) is 3.32. The van der Waals surface area contributed by atoms with Crippen LogP contribution in [0, 0.1) is 0 Å². The third kappa shape index (κ3) is 10.1. The quantitative estimate of drug-likeness (QED) is 0.681. The fraction of sp³-hybridized carbons (Fsp3) is 1.00. The molecule has 11 heavy (non-hydrogen) atoms. The summed E-state index contributed by atoms with van der Waals surface area (Å²) in [6.45, 7) is 1.78. The zero-order chi connectivity index (χ0) is 8.91. The Balaban J connectivity index is 3.15. The standard InChI is InChI=1S/C6H12F3NS/c1-5(10)4-11-3-2-6(7,8)9/h5H,2-4,10H2,1H3. The first-order chi connectivity index (χ1) is 4.92. The van der Waals surface area contributed by atoms with E-state index in [0.717, 1.165) is 0 Å². The highest BCUT2D eigenvalue weighted by molar-refractivity contribution is 7.99. The molecule has 68 valence electrons. The van der Waals surface area contributed by atoms with Crippen molar-refractivity contribution in [3.05, 3.63) is 0 Å². The normalized spacial score (nSPS) is 15.0. The topological polar surface area (TPSA) is 26.0 Å². The van der Waals surface area contributed by atoms with Crippen LogP contribution >= 0.6 is 11.8 Å². The van der Waals surface area contributed by atoms with E-state index in [4.69, 9.17) is 5.73 Å². The highest BCUT2D eigenvalue weighted by Crippen LogP contribution is 2.21. The molecule has 0 bridgehead atoms. The monoisotopic (exact) mass is 187 g/mol. The van der Waals surface area contributed by atoms with Crippen LogP contribution in [0.3, 0.4) is 0 Å². The molecule has 1 nitrogen and oxygen atoms in total. The second-order valence-electron chi connectivity index (χ2n) is 2.42. The lowest BCUT2D eigenvalue weighted by Gasteiger charge is -2.06. The van der Waals surface area contributed by atoms with Crippen LogP contribution in [0.2, 0.25) is 0 Å². The van der Waals surface area contributed by atoms with Crippen LogP contribution in [0.4, 0.5) is 13.2 Å². The van der Waals surface area contributed by atoms with E-state index in [1.165, 1.54) is 11.8 Å². The molecule has 1 atom stereocenters. The first kappa shape index (κ1) is 11.1. The maximum absolute atomic E-state index is 11.5. The van der Waals surface area contributed by atoms with E-state index in [9.17, 15) is 13.2 Å². The molecular formula is C6H12F3NS. The molecule has 0 radical (unpaired) electrons. The molecule has 2 N–H and O–H groups in total. The van der Waals surface area contributed by atoms with E-state index in [-0.39, 0.29) is 11.8 Å². The van der Waals surface area contributed by atoms with Gasteiger partial charge in [0.1, 0.15) is 0 Å². The minimum Gasteiger partial charge on any atom is -0.327 e. The van der Waals surface area contributed by atoms with E-state index in [2.05, 4.69) is 0 Å². The Morgan fingerprint density at radius 2 is 2.00 bits per heavy atom. The summed E-state index contributed by atoms with van der Waals surface area (Å²) in [5.74, 6) is 0.709. The number of nitrogens with two attached hydrogens (primary N) is 1. The fourth-order valence-corrected chi connectivity index (χ4v) is 1.37. The van der Waals surface area contributed by atoms with Crippen molar-refractivity contribution in [1.29, 1.82) is 0 Å². The van der Waals surface area contributed by atoms with E-state index in [0.29, 0.717) is 5.75 Å². The Morgan fingerprint density at radius 1 is 1.45 bits per heavy atom. The molecule has 0 heterocycles. The molecule has 5 heteroatoms. The molecule has 0 aromatic heterocycles. The van der Waals surface area contributed by atoms with Gasteiger partial charge in [-0.25, -0.2) is 0 Å². The number of rotatable bonds is 4. The van der Waals surface area contributed by atoms with Crippen molar-refractivity contribution in [2.24, 2.45) is 5.73 Å². The molecule has 0 aromatic carbocycles. The van der Waals surface area contributed by atoms with Crippen LogP contribution < -0.4 is 5.73 Å². The fourth-order valence-electron chi connectivity index (χ4n) is 0.457. The maximum Gasteiger partial charge on any atom is 0.389 e. The predicted molar refractivity (Wildman–Crippen MR) is 41.6 cm³/mol. The molecule has 0 aromatic rings. The highest BCUT2D eigenvalue weighted by atomic mass is 32.2. The summed E-state index contributed by atoms with van der Waals surface area (Å²) < 4.78 is 34.6. The SMILES string of the molecule is CC(N)CSCCC(F)(F)F. The summed E-state index contributed by atoms with van der Waals surface area (Å²) in [7, 11) is 0. The van der Waals surface area contributed by atoms with Crippen molar-refractivity contribution < 1.29 is 13.2 Å². The van der Waals surface area contributed by atoms with Gasteiger partial charge in [0.15, 0.2) is 0 Å². The van der Waals surface area contributed by atoms with Gasteiger partial charge in [-0.2, -0.15) is 24.9 Å². The van der Waals surface area contributed by atoms with Gasteiger partial charge in [0.05, 0.1) is 6.42 Å². The zero-order valence-electron chi connectivity index (χ0n) is 6.32. The van der Waals surface area contributed by atoms with Gasteiger partial charge in [-0.05, 0) is 6.92 Å². The molecule has 0 spiro atoms. The number of thioether (sulfide) groups is 1. The maximum atomic E-state index is 11.5. The second-order valence-corrected chi connectivity index (χ2v) is 3.57. The zero-order valence-corrected chi connectivity index (χ0v) is 7.13. The van der Waals surface area contributed by atoms with Crippen molar-refractivity contribution in [1.82, 2.24) is 0 Å². The van der Waals surface area contributed by atoms with Crippen molar-refractivity contribution in [2.75, 3.05) is 11.5 Å².